The molecule has 18 heavy (non-hydrogen) atoms. The van der Waals surface area contributed by atoms with Crippen LogP contribution in [-0.4, -0.2) is 25.1 Å². The van der Waals surface area contributed by atoms with E-state index >= 15 is 0 Å². The lowest BCUT2D eigenvalue weighted by Crippen LogP contribution is -2.43. The van der Waals surface area contributed by atoms with E-state index in [4.69, 9.17) is 4.74 Å². The molecule has 0 aliphatic carbocycles. The van der Waals surface area contributed by atoms with Crippen LogP contribution in [0, 0.1) is 0 Å². The number of benzene rings is 1. The van der Waals surface area contributed by atoms with Gasteiger partial charge in [-0.3, -0.25) is 4.79 Å². The Hall–Kier alpha value is -1.55. The summed E-state index contributed by atoms with van der Waals surface area (Å²) in [6.45, 7) is 3.50. The van der Waals surface area contributed by atoms with E-state index in [1.54, 1.807) is 0 Å². The summed E-state index contributed by atoms with van der Waals surface area (Å²) in [5.74, 6) is 0.829. The van der Waals surface area contributed by atoms with Crippen molar-refractivity contribution in [2.24, 2.45) is 0 Å². The van der Waals surface area contributed by atoms with Crippen molar-refractivity contribution in [1.29, 1.82) is 0 Å². The molecule has 4 nitrogen and oxygen atoms in total. The fourth-order valence-corrected chi connectivity index (χ4v) is 2.14. The maximum atomic E-state index is 12.0. The molecule has 1 aromatic rings. The van der Waals surface area contributed by atoms with Crippen molar-refractivity contribution in [3.63, 3.8) is 0 Å². The van der Waals surface area contributed by atoms with Gasteiger partial charge in [-0.25, -0.2) is 0 Å². The summed E-state index contributed by atoms with van der Waals surface area (Å²) in [6.07, 6.45) is 3.19. The highest BCUT2D eigenvalue weighted by molar-refractivity contribution is 5.95. The average molecular weight is 248 g/mol. The summed E-state index contributed by atoms with van der Waals surface area (Å²) in [5.41, 5.74) is 0.790. The number of carbonyl (C=O) groups is 1. The van der Waals surface area contributed by atoms with Crippen molar-refractivity contribution in [3.05, 3.63) is 24.3 Å². The quantitative estimate of drug-likeness (QED) is 0.858. The molecule has 1 fully saturated rings. The Morgan fingerprint density at radius 3 is 3.11 bits per heavy atom. The van der Waals surface area contributed by atoms with E-state index in [0.717, 1.165) is 37.2 Å². The number of anilines is 1. The van der Waals surface area contributed by atoms with Gasteiger partial charge in [-0.05, 0) is 38.4 Å². The van der Waals surface area contributed by atoms with Crippen molar-refractivity contribution < 1.29 is 9.53 Å². The minimum atomic E-state index is -0.0606. The Kier molecular flexibility index (Phi) is 4.59. The van der Waals surface area contributed by atoms with E-state index in [1.807, 2.05) is 31.2 Å². The number of carbonyl (C=O) groups excluding carboxylic acids is 1. The summed E-state index contributed by atoms with van der Waals surface area (Å²) in [4.78, 5) is 12.0. The summed E-state index contributed by atoms with van der Waals surface area (Å²) in [6, 6.07) is 7.44. The molecule has 4 heteroatoms. The van der Waals surface area contributed by atoms with Crippen molar-refractivity contribution in [1.82, 2.24) is 5.32 Å². The fourth-order valence-electron chi connectivity index (χ4n) is 2.14. The van der Waals surface area contributed by atoms with Gasteiger partial charge in [0, 0.05) is 11.8 Å². The van der Waals surface area contributed by atoms with Gasteiger partial charge in [0.15, 0.2) is 0 Å². The van der Waals surface area contributed by atoms with Gasteiger partial charge in [0.1, 0.15) is 5.75 Å². The zero-order valence-electron chi connectivity index (χ0n) is 10.7. The van der Waals surface area contributed by atoms with Gasteiger partial charge in [-0.1, -0.05) is 12.5 Å². The van der Waals surface area contributed by atoms with E-state index in [1.165, 1.54) is 0 Å². The van der Waals surface area contributed by atoms with Crippen LogP contribution in [0.25, 0.3) is 0 Å². The van der Waals surface area contributed by atoms with E-state index in [2.05, 4.69) is 10.6 Å². The standard InChI is InChI=1S/C14H20N2O2/c1-2-18-12-7-5-6-11(10-12)16-14(17)13-8-3-4-9-15-13/h5-7,10,13,15H,2-4,8-9H2,1H3,(H,16,17)/t13-/m1/s1. The van der Waals surface area contributed by atoms with Crippen LogP contribution in [0.2, 0.25) is 0 Å². The molecule has 0 unspecified atom stereocenters. The van der Waals surface area contributed by atoms with Crippen molar-refractivity contribution >= 4 is 11.6 Å². The Morgan fingerprint density at radius 2 is 2.39 bits per heavy atom. The summed E-state index contributed by atoms with van der Waals surface area (Å²) in [5, 5.41) is 6.16. The molecule has 0 radical (unpaired) electrons. The number of hydrogen-bond donors (Lipinski definition) is 2. The van der Waals surface area contributed by atoms with Crippen LogP contribution < -0.4 is 15.4 Å². The number of hydrogen-bond acceptors (Lipinski definition) is 3. The Bertz CT molecular complexity index is 401. The largest absolute Gasteiger partial charge is 0.494 e. The Morgan fingerprint density at radius 1 is 1.50 bits per heavy atom. The van der Waals surface area contributed by atoms with Crippen LogP contribution in [0.1, 0.15) is 26.2 Å². The fraction of sp³-hybridized carbons (Fsp3) is 0.500. The topological polar surface area (TPSA) is 50.4 Å². The van der Waals surface area contributed by atoms with Gasteiger partial charge in [-0.15, -0.1) is 0 Å². The highest BCUT2D eigenvalue weighted by Crippen LogP contribution is 2.18. The van der Waals surface area contributed by atoms with Crippen LogP contribution in [0.3, 0.4) is 0 Å². The predicted octanol–water partition coefficient (Wildman–Crippen LogP) is 2.17. The minimum Gasteiger partial charge on any atom is -0.494 e. The van der Waals surface area contributed by atoms with Crippen LogP contribution in [-0.2, 0) is 4.79 Å². The highest BCUT2D eigenvalue weighted by Gasteiger charge is 2.20. The molecule has 2 N–H and O–H groups in total. The first-order chi connectivity index (χ1) is 8.79. The zero-order chi connectivity index (χ0) is 12.8. The monoisotopic (exact) mass is 248 g/mol. The second kappa shape index (κ2) is 6.40. The van der Waals surface area contributed by atoms with Crippen LogP contribution >= 0.6 is 0 Å². The number of ether oxygens (including phenoxy) is 1. The molecule has 1 amide bonds. The van der Waals surface area contributed by atoms with Crippen LogP contribution in [0.4, 0.5) is 5.69 Å². The molecule has 0 aromatic heterocycles. The second-order valence-electron chi connectivity index (χ2n) is 4.45. The van der Waals surface area contributed by atoms with Crippen molar-refractivity contribution in [3.8, 4) is 5.75 Å². The molecule has 1 aliphatic heterocycles. The Labute approximate surface area is 108 Å². The number of piperidine rings is 1. The SMILES string of the molecule is CCOc1cccc(NC(=O)[C@H]2CCCCN2)c1. The molecule has 0 spiro atoms. The van der Waals surface area contributed by atoms with Crippen molar-refractivity contribution in [2.75, 3.05) is 18.5 Å². The third kappa shape index (κ3) is 3.47. The van der Waals surface area contributed by atoms with E-state index in [-0.39, 0.29) is 11.9 Å². The maximum Gasteiger partial charge on any atom is 0.241 e. The Balaban J connectivity index is 1.95. The minimum absolute atomic E-state index is 0.0448. The van der Waals surface area contributed by atoms with Crippen molar-refractivity contribution in [2.45, 2.75) is 32.2 Å². The lowest BCUT2D eigenvalue weighted by atomic mass is 10.0. The second-order valence-corrected chi connectivity index (χ2v) is 4.45. The molecule has 0 saturated carbocycles. The zero-order valence-corrected chi connectivity index (χ0v) is 10.7. The maximum absolute atomic E-state index is 12.0. The van der Waals surface area contributed by atoms with Gasteiger partial charge in [0.05, 0.1) is 12.6 Å². The molecule has 1 atom stereocenters. The molecule has 1 aliphatic rings. The number of amides is 1. The smallest absolute Gasteiger partial charge is 0.241 e. The molecular formula is C14H20N2O2. The van der Waals surface area contributed by atoms with Gasteiger partial charge in [0.25, 0.3) is 0 Å². The number of nitrogens with one attached hydrogen (secondary N) is 2. The lowest BCUT2D eigenvalue weighted by Gasteiger charge is -2.22. The van der Waals surface area contributed by atoms with Crippen LogP contribution in [0.5, 0.6) is 5.75 Å². The van der Waals surface area contributed by atoms with Gasteiger partial charge >= 0.3 is 0 Å². The summed E-state index contributed by atoms with van der Waals surface area (Å²) in [7, 11) is 0. The summed E-state index contributed by atoms with van der Waals surface area (Å²) < 4.78 is 5.41. The van der Waals surface area contributed by atoms with E-state index in [9.17, 15) is 4.79 Å². The van der Waals surface area contributed by atoms with Gasteiger partial charge in [0.2, 0.25) is 5.91 Å². The molecule has 98 valence electrons. The molecule has 0 bridgehead atoms. The van der Waals surface area contributed by atoms with Gasteiger partial charge < -0.3 is 15.4 Å². The van der Waals surface area contributed by atoms with Gasteiger partial charge in [-0.2, -0.15) is 0 Å². The third-order valence-electron chi connectivity index (χ3n) is 3.04. The van der Waals surface area contributed by atoms with E-state index < -0.39 is 0 Å². The molecule has 1 heterocycles. The lowest BCUT2D eigenvalue weighted by molar-refractivity contribution is -0.118. The first-order valence-electron chi connectivity index (χ1n) is 6.56. The normalized spacial score (nSPS) is 19.3. The molecule has 1 saturated heterocycles. The van der Waals surface area contributed by atoms with E-state index in [0.29, 0.717) is 6.61 Å². The first kappa shape index (κ1) is 12.9. The first-order valence-corrected chi connectivity index (χ1v) is 6.56. The molecule has 2 rings (SSSR count). The third-order valence-corrected chi connectivity index (χ3v) is 3.04. The number of rotatable bonds is 4. The highest BCUT2D eigenvalue weighted by atomic mass is 16.5. The van der Waals surface area contributed by atoms with Crippen LogP contribution in [0.15, 0.2) is 24.3 Å². The molecular weight excluding hydrogens is 228 g/mol. The molecule has 1 aromatic carbocycles. The average Bonchev–Trinajstić information content (AvgIpc) is 2.40. The predicted molar refractivity (Wildman–Crippen MR) is 71.9 cm³/mol. The summed E-state index contributed by atoms with van der Waals surface area (Å²) >= 11 is 0.